The minimum atomic E-state index is -1.29. The molecule has 10 heteroatoms. The molecule has 0 saturated carbocycles. The highest BCUT2D eigenvalue weighted by Gasteiger charge is 2.28. The predicted molar refractivity (Wildman–Crippen MR) is 142 cm³/mol. The predicted octanol–water partition coefficient (Wildman–Crippen LogP) is 3.59. The van der Waals surface area contributed by atoms with Gasteiger partial charge in [-0.05, 0) is 49.8 Å². The van der Waals surface area contributed by atoms with E-state index in [0.29, 0.717) is 37.3 Å². The molecule has 9 nitrogen and oxygen atoms in total. The lowest BCUT2D eigenvalue weighted by atomic mass is 10.1. The van der Waals surface area contributed by atoms with Gasteiger partial charge in [0.2, 0.25) is 0 Å². The van der Waals surface area contributed by atoms with Crippen molar-refractivity contribution in [2.75, 3.05) is 38.2 Å². The Kier molecular flexibility index (Phi) is 8.25. The number of piperazine rings is 1. The third kappa shape index (κ3) is 6.18. The summed E-state index contributed by atoms with van der Waals surface area (Å²) in [4.78, 5) is 40.7. The van der Waals surface area contributed by atoms with Crippen LogP contribution in [-0.4, -0.2) is 75.5 Å². The maximum atomic E-state index is 12.9. The number of aryl methyl sites for hydroxylation is 1. The number of ether oxygens (including phenoxy) is 1. The summed E-state index contributed by atoms with van der Waals surface area (Å²) in [5, 5.41) is 10.5. The highest BCUT2D eigenvalue weighted by molar-refractivity contribution is 6.21. The zero-order valence-corrected chi connectivity index (χ0v) is 21.8. The number of benzene rings is 1. The van der Waals surface area contributed by atoms with E-state index in [-0.39, 0.29) is 11.3 Å². The number of H-pyrrole nitrogens is 1. The number of nitrogens with one attached hydrogen (secondary N) is 1. The number of aliphatic hydroxyl groups is 1. The molecular weight excluding hydrogens is 494 g/mol. The number of allylic oxidation sites excluding steroid dienone is 1. The van der Waals surface area contributed by atoms with Crippen LogP contribution in [0.5, 0.6) is 0 Å². The number of aliphatic hydroxyl groups excluding tert-OH is 1. The van der Waals surface area contributed by atoms with Gasteiger partial charge in [0.05, 0.1) is 18.4 Å². The molecule has 2 unspecified atom stereocenters. The number of halogens is 1. The zero-order valence-electron chi connectivity index (χ0n) is 21.0. The van der Waals surface area contributed by atoms with Crippen molar-refractivity contribution >= 4 is 35.4 Å². The van der Waals surface area contributed by atoms with Gasteiger partial charge in [-0.1, -0.05) is 18.2 Å². The van der Waals surface area contributed by atoms with Crippen molar-refractivity contribution in [1.82, 2.24) is 19.9 Å². The van der Waals surface area contributed by atoms with Gasteiger partial charge in [0.25, 0.3) is 5.91 Å². The zero-order chi connectivity index (χ0) is 26.5. The first kappa shape index (κ1) is 26.4. The molecule has 0 aliphatic carbocycles. The lowest BCUT2D eigenvalue weighted by Crippen LogP contribution is -2.50. The summed E-state index contributed by atoms with van der Waals surface area (Å²) in [6, 6.07) is 10.1. The van der Waals surface area contributed by atoms with Gasteiger partial charge < -0.3 is 24.6 Å². The van der Waals surface area contributed by atoms with Crippen LogP contribution in [0, 0.1) is 6.92 Å². The normalized spacial score (nSPS) is 15.6. The fourth-order valence-corrected chi connectivity index (χ4v) is 4.17. The van der Waals surface area contributed by atoms with Crippen molar-refractivity contribution in [3.63, 3.8) is 0 Å². The number of imidazole rings is 1. The van der Waals surface area contributed by atoms with Crippen molar-refractivity contribution in [2.45, 2.75) is 25.3 Å². The van der Waals surface area contributed by atoms with Crippen LogP contribution in [0.1, 0.15) is 40.3 Å². The van der Waals surface area contributed by atoms with E-state index in [1.807, 2.05) is 38.1 Å². The van der Waals surface area contributed by atoms with E-state index in [2.05, 4.69) is 24.6 Å². The van der Waals surface area contributed by atoms with Crippen LogP contribution in [0.15, 0.2) is 48.7 Å². The second-order valence-corrected chi connectivity index (χ2v) is 9.55. The molecule has 4 rings (SSSR count). The van der Waals surface area contributed by atoms with Gasteiger partial charge >= 0.3 is 5.97 Å². The van der Waals surface area contributed by atoms with Crippen LogP contribution in [0.3, 0.4) is 0 Å². The minimum absolute atomic E-state index is 0.0703. The summed E-state index contributed by atoms with van der Waals surface area (Å²) >= 11 is 6.00. The van der Waals surface area contributed by atoms with Gasteiger partial charge in [-0.15, -0.1) is 11.6 Å². The summed E-state index contributed by atoms with van der Waals surface area (Å²) in [6.07, 6.45) is 4.29. The van der Waals surface area contributed by atoms with Crippen LogP contribution in [-0.2, 0) is 9.53 Å². The van der Waals surface area contributed by atoms with Gasteiger partial charge in [-0.25, -0.2) is 14.8 Å². The average molecular weight is 524 g/mol. The van der Waals surface area contributed by atoms with Crippen molar-refractivity contribution in [2.24, 2.45) is 0 Å². The number of rotatable bonds is 7. The van der Waals surface area contributed by atoms with E-state index in [1.165, 1.54) is 19.2 Å². The van der Waals surface area contributed by atoms with Gasteiger partial charge in [-0.3, -0.25) is 4.79 Å². The van der Waals surface area contributed by atoms with E-state index in [1.54, 1.807) is 23.2 Å². The fourth-order valence-electron chi connectivity index (χ4n) is 4.10. The Balaban J connectivity index is 1.35. The van der Waals surface area contributed by atoms with Crippen LogP contribution in [0.25, 0.3) is 17.5 Å². The Morgan fingerprint density at radius 1 is 1.14 bits per heavy atom. The molecule has 1 aromatic carbocycles. The third-order valence-corrected chi connectivity index (χ3v) is 6.41. The number of carbonyl (C=O) groups is 2. The van der Waals surface area contributed by atoms with E-state index in [4.69, 9.17) is 11.6 Å². The third-order valence-electron chi connectivity index (χ3n) is 6.26. The molecule has 0 bridgehead atoms. The molecule has 1 aliphatic rings. The first-order valence-electron chi connectivity index (χ1n) is 12.0. The van der Waals surface area contributed by atoms with Gasteiger partial charge in [0.15, 0.2) is 6.10 Å². The van der Waals surface area contributed by atoms with Crippen molar-refractivity contribution in [3.05, 3.63) is 71.2 Å². The Bertz CT molecular complexity index is 1260. The van der Waals surface area contributed by atoms with E-state index < -0.39 is 12.1 Å². The van der Waals surface area contributed by atoms with Crippen molar-refractivity contribution in [3.8, 4) is 11.4 Å². The maximum absolute atomic E-state index is 12.9. The molecule has 1 saturated heterocycles. The quantitative estimate of drug-likeness (QED) is 0.359. The molecule has 1 aliphatic heterocycles. The Morgan fingerprint density at radius 3 is 2.43 bits per heavy atom. The van der Waals surface area contributed by atoms with Crippen LogP contribution < -0.4 is 4.90 Å². The Morgan fingerprint density at radius 2 is 1.84 bits per heavy atom. The molecule has 37 heavy (non-hydrogen) atoms. The minimum Gasteiger partial charge on any atom is -0.465 e. The standard InChI is InChI=1S/C27H30ClN5O4/c1-17(28)4-10-22-18(2)30-25(31-22)21-9-11-23(29-16-21)32-12-14-33(15-13-32)26(35)24(34)19-5-7-20(8-6-19)27(36)37-3/h4-11,16-17,24,34H,12-15H2,1-3H3,(H,30,31). The second kappa shape index (κ2) is 11.6. The summed E-state index contributed by atoms with van der Waals surface area (Å²) in [7, 11) is 1.30. The highest BCUT2D eigenvalue weighted by Crippen LogP contribution is 2.23. The number of amides is 1. The van der Waals surface area contributed by atoms with Crippen LogP contribution in [0.2, 0.25) is 0 Å². The number of anilines is 1. The first-order valence-corrected chi connectivity index (χ1v) is 12.5. The lowest BCUT2D eigenvalue weighted by Gasteiger charge is -2.36. The molecule has 2 aromatic heterocycles. The number of alkyl halides is 1. The smallest absolute Gasteiger partial charge is 0.337 e. The number of hydrogen-bond acceptors (Lipinski definition) is 7. The van der Waals surface area contributed by atoms with Gasteiger partial charge in [0, 0.05) is 49.0 Å². The number of esters is 1. The van der Waals surface area contributed by atoms with E-state index in [9.17, 15) is 14.7 Å². The van der Waals surface area contributed by atoms with Gasteiger partial charge in [0.1, 0.15) is 11.6 Å². The number of aromatic amines is 1. The molecule has 2 atom stereocenters. The highest BCUT2D eigenvalue weighted by atomic mass is 35.5. The molecule has 2 N–H and O–H groups in total. The summed E-state index contributed by atoms with van der Waals surface area (Å²) in [5.74, 6) is 0.718. The molecule has 3 heterocycles. The number of methoxy groups -OCH3 is 1. The molecule has 0 spiro atoms. The Labute approximate surface area is 220 Å². The lowest BCUT2D eigenvalue weighted by molar-refractivity contribution is -0.140. The van der Waals surface area contributed by atoms with Crippen LogP contribution >= 0.6 is 11.6 Å². The molecular formula is C27H30ClN5O4. The molecule has 1 amide bonds. The van der Waals surface area contributed by atoms with Crippen molar-refractivity contribution in [1.29, 1.82) is 0 Å². The SMILES string of the molecule is COC(=O)c1ccc(C(O)C(=O)N2CCN(c3ccc(-c4nc(C=CC(C)Cl)c(C)[nH]4)cn3)CC2)cc1. The van der Waals surface area contributed by atoms with Crippen molar-refractivity contribution < 1.29 is 19.4 Å². The summed E-state index contributed by atoms with van der Waals surface area (Å²) in [5.41, 5.74) is 3.46. The molecule has 194 valence electrons. The van der Waals surface area contributed by atoms with E-state index in [0.717, 1.165) is 28.6 Å². The summed E-state index contributed by atoms with van der Waals surface area (Å²) in [6.45, 7) is 5.98. The monoisotopic (exact) mass is 523 g/mol. The summed E-state index contributed by atoms with van der Waals surface area (Å²) < 4.78 is 4.68. The average Bonchev–Trinajstić information content (AvgIpc) is 3.31. The molecule has 0 radical (unpaired) electrons. The number of nitrogens with zero attached hydrogens (tertiary/aromatic N) is 4. The number of aromatic nitrogens is 3. The second-order valence-electron chi connectivity index (χ2n) is 8.87. The van der Waals surface area contributed by atoms with Crippen LogP contribution in [0.4, 0.5) is 5.82 Å². The molecule has 3 aromatic rings. The van der Waals surface area contributed by atoms with Gasteiger partial charge in [-0.2, -0.15) is 0 Å². The van der Waals surface area contributed by atoms with E-state index >= 15 is 0 Å². The number of hydrogen-bond donors (Lipinski definition) is 2. The fraction of sp³-hybridized carbons (Fsp3) is 0.333. The molecule has 1 fully saturated rings. The largest absolute Gasteiger partial charge is 0.465 e. The maximum Gasteiger partial charge on any atom is 0.337 e. The number of pyridine rings is 1. The topological polar surface area (TPSA) is 112 Å². The number of carbonyl (C=O) groups excluding carboxylic acids is 2. The Hall–Kier alpha value is -3.69. The first-order chi connectivity index (χ1) is 17.8.